The second-order valence-electron chi connectivity index (χ2n) is 6.34. The Labute approximate surface area is 142 Å². The van der Waals surface area contributed by atoms with Gasteiger partial charge >= 0.3 is 0 Å². The van der Waals surface area contributed by atoms with Crippen molar-refractivity contribution in [2.24, 2.45) is 5.92 Å². The fourth-order valence-corrected chi connectivity index (χ4v) is 3.14. The van der Waals surface area contributed by atoms with Gasteiger partial charge in [0, 0.05) is 18.7 Å². The maximum atomic E-state index is 12.5. The van der Waals surface area contributed by atoms with Crippen LogP contribution in [0.15, 0.2) is 54.6 Å². The molecule has 1 N–H and O–H groups in total. The van der Waals surface area contributed by atoms with Gasteiger partial charge < -0.3 is 10.2 Å². The van der Waals surface area contributed by atoms with Crippen LogP contribution in [-0.2, 0) is 9.59 Å². The zero-order valence-corrected chi connectivity index (χ0v) is 14.0. The van der Waals surface area contributed by atoms with Crippen molar-refractivity contribution < 1.29 is 9.59 Å². The van der Waals surface area contributed by atoms with Gasteiger partial charge in [-0.25, -0.2) is 0 Å². The number of aryl methyl sites for hydroxylation is 1. The Morgan fingerprint density at radius 3 is 2.50 bits per heavy atom. The number of rotatable bonds is 4. The van der Waals surface area contributed by atoms with Crippen molar-refractivity contribution in [3.05, 3.63) is 65.7 Å². The van der Waals surface area contributed by atoms with Crippen LogP contribution in [0.5, 0.6) is 0 Å². The lowest BCUT2D eigenvalue weighted by molar-refractivity contribution is -0.129. The van der Waals surface area contributed by atoms with Gasteiger partial charge in [-0.3, -0.25) is 9.59 Å². The summed E-state index contributed by atoms with van der Waals surface area (Å²) in [5, 5.41) is 2.95. The second kappa shape index (κ2) is 6.87. The molecule has 124 valence electrons. The maximum Gasteiger partial charge on any atom is 0.229 e. The first-order chi connectivity index (χ1) is 11.6. The van der Waals surface area contributed by atoms with Gasteiger partial charge in [0.1, 0.15) is 0 Å². The molecule has 2 amide bonds. The molecule has 24 heavy (non-hydrogen) atoms. The molecule has 4 heteroatoms. The average molecular weight is 322 g/mol. The molecule has 0 radical (unpaired) electrons. The number of amides is 2. The Morgan fingerprint density at radius 1 is 1.12 bits per heavy atom. The Bertz CT molecular complexity index is 742. The monoisotopic (exact) mass is 322 g/mol. The minimum absolute atomic E-state index is 0.0186. The van der Waals surface area contributed by atoms with Gasteiger partial charge in [-0.1, -0.05) is 48.5 Å². The third-order valence-electron chi connectivity index (χ3n) is 4.68. The second-order valence-corrected chi connectivity index (χ2v) is 6.34. The Hall–Kier alpha value is -2.62. The fraction of sp³-hybridized carbons (Fsp3) is 0.300. The molecule has 1 saturated heterocycles. The number of carbonyl (C=O) groups is 2. The van der Waals surface area contributed by atoms with Crippen molar-refractivity contribution in [3.63, 3.8) is 0 Å². The van der Waals surface area contributed by atoms with E-state index in [0.29, 0.717) is 6.54 Å². The van der Waals surface area contributed by atoms with E-state index in [1.54, 1.807) is 4.90 Å². The van der Waals surface area contributed by atoms with Gasteiger partial charge in [0.15, 0.2) is 0 Å². The van der Waals surface area contributed by atoms with Gasteiger partial charge in [0.2, 0.25) is 11.8 Å². The molecule has 0 bridgehead atoms. The van der Waals surface area contributed by atoms with Crippen LogP contribution in [0.3, 0.4) is 0 Å². The number of nitrogens with zero attached hydrogens (tertiary/aromatic N) is 1. The van der Waals surface area contributed by atoms with Crippen molar-refractivity contribution in [1.82, 2.24) is 4.90 Å². The topological polar surface area (TPSA) is 49.4 Å². The van der Waals surface area contributed by atoms with Crippen LogP contribution in [0, 0.1) is 12.8 Å². The number of likely N-dealkylation sites (tertiary alicyclic amines) is 1. The van der Waals surface area contributed by atoms with Crippen molar-refractivity contribution in [1.29, 1.82) is 0 Å². The van der Waals surface area contributed by atoms with Gasteiger partial charge in [-0.15, -0.1) is 0 Å². The first-order valence-electron chi connectivity index (χ1n) is 8.27. The van der Waals surface area contributed by atoms with E-state index in [1.165, 1.54) is 0 Å². The molecule has 1 fully saturated rings. The van der Waals surface area contributed by atoms with Crippen molar-refractivity contribution in [2.75, 3.05) is 11.9 Å². The molecule has 2 aromatic rings. The van der Waals surface area contributed by atoms with Gasteiger partial charge in [-0.05, 0) is 31.0 Å². The van der Waals surface area contributed by atoms with E-state index in [0.717, 1.165) is 16.8 Å². The molecule has 0 aliphatic carbocycles. The summed E-state index contributed by atoms with van der Waals surface area (Å²) in [6, 6.07) is 17.6. The summed E-state index contributed by atoms with van der Waals surface area (Å²) in [5.74, 6) is -0.347. The lowest BCUT2D eigenvalue weighted by Gasteiger charge is -2.25. The molecule has 0 unspecified atom stereocenters. The number of para-hydroxylation sites is 1. The molecule has 0 saturated carbocycles. The first kappa shape index (κ1) is 16.2. The Balaban J connectivity index is 1.68. The summed E-state index contributed by atoms with van der Waals surface area (Å²) in [4.78, 5) is 26.7. The smallest absolute Gasteiger partial charge is 0.229 e. The van der Waals surface area contributed by atoms with Crippen LogP contribution in [-0.4, -0.2) is 23.3 Å². The number of hydrogen-bond donors (Lipinski definition) is 1. The van der Waals surface area contributed by atoms with E-state index in [1.807, 2.05) is 68.4 Å². The van der Waals surface area contributed by atoms with Crippen molar-refractivity contribution in [3.8, 4) is 0 Å². The maximum absolute atomic E-state index is 12.5. The first-order valence-corrected chi connectivity index (χ1v) is 8.27. The largest absolute Gasteiger partial charge is 0.335 e. The van der Waals surface area contributed by atoms with E-state index in [4.69, 9.17) is 0 Å². The predicted molar refractivity (Wildman–Crippen MR) is 94.5 cm³/mol. The molecule has 0 aromatic heterocycles. The van der Waals surface area contributed by atoms with E-state index in [9.17, 15) is 9.59 Å². The summed E-state index contributed by atoms with van der Waals surface area (Å²) in [5.41, 5.74) is 2.92. The molecule has 1 heterocycles. The normalized spacial score (nSPS) is 18.5. The molecular formula is C20H22N2O2. The zero-order chi connectivity index (χ0) is 17.1. The number of hydrogen-bond acceptors (Lipinski definition) is 2. The molecule has 0 spiro atoms. The SMILES string of the molecule is Cc1ccccc1NC(=O)[C@H]1CC(=O)N([C@@H](C)c2ccccc2)C1. The van der Waals surface area contributed by atoms with Crippen LogP contribution < -0.4 is 5.32 Å². The molecule has 4 nitrogen and oxygen atoms in total. The van der Waals surface area contributed by atoms with Crippen LogP contribution in [0.25, 0.3) is 0 Å². The highest BCUT2D eigenvalue weighted by Crippen LogP contribution is 2.29. The van der Waals surface area contributed by atoms with E-state index < -0.39 is 0 Å². The highest BCUT2D eigenvalue weighted by Gasteiger charge is 2.37. The lowest BCUT2D eigenvalue weighted by atomic mass is 10.1. The van der Waals surface area contributed by atoms with E-state index in [2.05, 4.69) is 5.32 Å². The fourth-order valence-electron chi connectivity index (χ4n) is 3.14. The summed E-state index contributed by atoms with van der Waals surface area (Å²) >= 11 is 0. The zero-order valence-electron chi connectivity index (χ0n) is 14.0. The minimum atomic E-state index is -0.303. The number of nitrogens with one attached hydrogen (secondary N) is 1. The summed E-state index contributed by atoms with van der Waals surface area (Å²) in [6.07, 6.45) is 0.273. The average Bonchev–Trinajstić information content (AvgIpc) is 2.99. The van der Waals surface area contributed by atoms with Crippen LogP contribution in [0.4, 0.5) is 5.69 Å². The highest BCUT2D eigenvalue weighted by atomic mass is 16.2. The van der Waals surface area contributed by atoms with Crippen LogP contribution in [0.1, 0.15) is 30.5 Å². The third kappa shape index (κ3) is 3.32. The molecule has 2 aromatic carbocycles. The Morgan fingerprint density at radius 2 is 1.79 bits per heavy atom. The third-order valence-corrected chi connectivity index (χ3v) is 4.68. The van der Waals surface area contributed by atoms with Crippen molar-refractivity contribution in [2.45, 2.75) is 26.3 Å². The van der Waals surface area contributed by atoms with Gasteiger partial charge in [0.25, 0.3) is 0 Å². The number of anilines is 1. The minimum Gasteiger partial charge on any atom is -0.335 e. The highest BCUT2D eigenvalue weighted by molar-refractivity contribution is 5.97. The molecule has 3 rings (SSSR count). The van der Waals surface area contributed by atoms with E-state index >= 15 is 0 Å². The molecule has 1 aliphatic heterocycles. The predicted octanol–water partition coefficient (Wildman–Crippen LogP) is 3.54. The quantitative estimate of drug-likeness (QED) is 0.936. The standard InChI is InChI=1S/C20H22N2O2/c1-14-8-6-7-11-18(14)21-20(24)17-12-19(23)22(13-17)15(2)16-9-4-3-5-10-16/h3-11,15,17H,12-13H2,1-2H3,(H,21,24)/t15-,17-/m0/s1. The molecular weight excluding hydrogens is 300 g/mol. The molecule has 1 aliphatic rings. The van der Waals surface area contributed by atoms with Crippen LogP contribution in [0.2, 0.25) is 0 Å². The lowest BCUT2D eigenvalue weighted by Crippen LogP contribution is -2.30. The summed E-state index contributed by atoms with van der Waals surface area (Å²) in [7, 11) is 0. The Kier molecular flexibility index (Phi) is 4.65. The van der Waals surface area contributed by atoms with Crippen LogP contribution >= 0.6 is 0 Å². The van der Waals surface area contributed by atoms with Gasteiger partial charge in [-0.2, -0.15) is 0 Å². The number of carbonyl (C=O) groups excluding carboxylic acids is 2. The number of benzene rings is 2. The summed E-state index contributed by atoms with van der Waals surface area (Å²) < 4.78 is 0. The van der Waals surface area contributed by atoms with E-state index in [-0.39, 0.29) is 30.2 Å². The molecule has 2 atom stereocenters. The van der Waals surface area contributed by atoms with Gasteiger partial charge in [0.05, 0.1) is 12.0 Å². The van der Waals surface area contributed by atoms with Crippen molar-refractivity contribution >= 4 is 17.5 Å². The summed E-state index contributed by atoms with van der Waals surface area (Å²) in [6.45, 7) is 4.43.